The number of hydrogen-bond acceptors (Lipinski definition) is 4. The molecule has 0 fully saturated rings. The summed E-state index contributed by atoms with van der Waals surface area (Å²) in [5.41, 5.74) is 7.85. The first-order chi connectivity index (χ1) is 14.8. The van der Waals surface area contributed by atoms with E-state index in [1.165, 1.54) is 12.4 Å². The fraction of sp³-hybridized carbons (Fsp3) is 0.250. The molecule has 3 rings (SSSR count). The highest BCUT2D eigenvalue weighted by Crippen LogP contribution is 2.26. The van der Waals surface area contributed by atoms with E-state index in [0.29, 0.717) is 28.9 Å². The van der Waals surface area contributed by atoms with Crippen LogP contribution in [0.15, 0.2) is 48.0 Å². The molecule has 3 heterocycles. The number of halogens is 2. The average Bonchev–Trinajstić information content (AvgIpc) is 3.15. The van der Waals surface area contributed by atoms with E-state index < -0.39 is 18.4 Å². The summed E-state index contributed by atoms with van der Waals surface area (Å²) in [4.78, 5) is 32.6. The van der Waals surface area contributed by atoms with E-state index in [1.807, 2.05) is 0 Å². The number of pyridine rings is 2. The lowest BCUT2D eigenvalue weighted by atomic mass is 10.0. The number of alkyl halides is 2. The number of hydrogen-bond donors (Lipinski definition) is 3. The number of amidine groups is 1. The minimum atomic E-state index is -2.89. The molecule has 11 heteroatoms. The fourth-order valence-electron chi connectivity index (χ4n) is 3.05. The van der Waals surface area contributed by atoms with Gasteiger partial charge in [-0.05, 0) is 30.2 Å². The van der Waals surface area contributed by atoms with Crippen LogP contribution in [0.4, 0.5) is 13.6 Å². The lowest BCUT2D eigenvalue weighted by Gasteiger charge is -2.15. The summed E-state index contributed by atoms with van der Waals surface area (Å²) in [7, 11) is 0. The molecule has 0 unspecified atom stereocenters. The highest BCUT2D eigenvalue weighted by molar-refractivity contribution is 6.02. The zero-order valence-electron chi connectivity index (χ0n) is 16.3. The van der Waals surface area contributed by atoms with Crippen LogP contribution in [0.5, 0.6) is 0 Å². The molecule has 0 aliphatic rings. The molecule has 9 nitrogen and oxygen atoms in total. The van der Waals surface area contributed by atoms with Gasteiger partial charge in [-0.15, -0.1) is 0 Å². The Bertz CT molecular complexity index is 1130. The van der Waals surface area contributed by atoms with E-state index >= 15 is 0 Å². The van der Waals surface area contributed by atoms with Crippen molar-refractivity contribution in [2.45, 2.75) is 25.2 Å². The summed E-state index contributed by atoms with van der Waals surface area (Å²) < 4.78 is 29.5. The number of carbonyl (C=O) groups is 2. The molecule has 162 valence electrons. The van der Waals surface area contributed by atoms with Crippen LogP contribution >= 0.6 is 0 Å². The maximum Gasteiger partial charge on any atom is 0.433 e. The van der Waals surface area contributed by atoms with E-state index in [0.717, 1.165) is 5.39 Å². The number of amides is 2. The molecule has 0 aromatic carbocycles. The van der Waals surface area contributed by atoms with Gasteiger partial charge in [-0.1, -0.05) is 0 Å². The maximum absolute atomic E-state index is 13.9. The van der Waals surface area contributed by atoms with Crippen molar-refractivity contribution in [2.75, 3.05) is 6.54 Å². The van der Waals surface area contributed by atoms with Crippen LogP contribution in [0.3, 0.4) is 0 Å². The molecule has 0 saturated heterocycles. The van der Waals surface area contributed by atoms with Gasteiger partial charge in [0.1, 0.15) is 11.5 Å². The van der Waals surface area contributed by atoms with E-state index in [-0.39, 0.29) is 25.2 Å². The third kappa shape index (κ3) is 5.59. The van der Waals surface area contributed by atoms with Crippen LogP contribution < -0.4 is 11.1 Å². The first-order valence-corrected chi connectivity index (χ1v) is 9.33. The Labute approximate surface area is 175 Å². The SMILES string of the molecule is N/C(=N\C(=O)O)c1cncc(-n2ccc3cc(CCC(F)(F)CCNC=O)cnc32)c1. The van der Waals surface area contributed by atoms with Gasteiger partial charge < -0.3 is 16.2 Å². The van der Waals surface area contributed by atoms with Crippen molar-refractivity contribution in [3.63, 3.8) is 0 Å². The number of fused-ring (bicyclic) bond motifs is 1. The minimum Gasteiger partial charge on any atom is -0.463 e. The van der Waals surface area contributed by atoms with Gasteiger partial charge in [0.15, 0.2) is 0 Å². The van der Waals surface area contributed by atoms with E-state index in [4.69, 9.17) is 10.8 Å². The smallest absolute Gasteiger partial charge is 0.433 e. The zero-order valence-corrected chi connectivity index (χ0v) is 16.3. The number of carbonyl (C=O) groups excluding carboxylic acids is 1. The number of nitrogens with two attached hydrogens (primary N) is 1. The molecule has 0 atom stereocenters. The Morgan fingerprint density at radius 3 is 2.84 bits per heavy atom. The van der Waals surface area contributed by atoms with Crippen LogP contribution in [0.25, 0.3) is 16.7 Å². The summed E-state index contributed by atoms with van der Waals surface area (Å²) in [6.07, 6.45) is 4.59. The topological polar surface area (TPSA) is 135 Å². The number of carboxylic acid groups (broad SMARTS) is 1. The predicted octanol–water partition coefficient (Wildman–Crippen LogP) is 2.51. The van der Waals surface area contributed by atoms with Gasteiger partial charge in [-0.25, -0.2) is 18.6 Å². The Morgan fingerprint density at radius 1 is 1.29 bits per heavy atom. The van der Waals surface area contributed by atoms with Gasteiger partial charge in [0.05, 0.1) is 11.9 Å². The van der Waals surface area contributed by atoms with E-state index in [1.54, 1.807) is 35.2 Å². The molecule has 0 aliphatic heterocycles. The first-order valence-electron chi connectivity index (χ1n) is 9.33. The van der Waals surface area contributed by atoms with Gasteiger partial charge in [-0.3, -0.25) is 14.3 Å². The van der Waals surface area contributed by atoms with Crippen molar-refractivity contribution in [1.82, 2.24) is 19.9 Å². The molecule has 0 bridgehead atoms. The third-order valence-corrected chi connectivity index (χ3v) is 4.59. The predicted molar refractivity (Wildman–Crippen MR) is 110 cm³/mol. The Kier molecular flexibility index (Phi) is 6.53. The Morgan fingerprint density at radius 2 is 2.10 bits per heavy atom. The average molecular weight is 430 g/mol. The Hall–Kier alpha value is -3.89. The minimum absolute atomic E-state index is 0.0780. The van der Waals surface area contributed by atoms with E-state index in [2.05, 4.69) is 20.3 Å². The first kappa shape index (κ1) is 21.8. The second-order valence-corrected chi connectivity index (χ2v) is 6.83. The molecule has 4 N–H and O–H groups in total. The fourth-order valence-corrected chi connectivity index (χ4v) is 3.05. The molecular weight excluding hydrogens is 410 g/mol. The second kappa shape index (κ2) is 9.28. The number of aromatic nitrogens is 3. The van der Waals surface area contributed by atoms with Crippen LogP contribution in [0, 0.1) is 0 Å². The maximum atomic E-state index is 13.9. The van der Waals surface area contributed by atoms with Crippen molar-refractivity contribution in [2.24, 2.45) is 10.7 Å². The Balaban J connectivity index is 1.79. The molecule has 0 spiro atoms. The summed E-state index contributed by atoms with van der Waals surface area (Å²) in [6, 6.07) is 5.20. The lowest BCUT2D eigenvalue weighted by molar-refractivity contribution is -0.109. The van der Waals surface area contributed by atoms with Crippen molar-refractivity contribution >= 4 is 29.4 Å². The van der Waals surface area contributed by atoms with Gasteiger partial charge in [-0.2, -0.15) is 4.99 Å². The molecule has 0 saturated carbocycles. The number of nitrogens with zero attached hydrogens (tertiary/aromatic N) is 4. The molecular formula is C20H20F2N6O3. The molecule has 31 heavy (non-hydrogen) atoms. The van der Waals surface area contributed by atoms with Crippen molar-refractivity contribution in [3.05, 3.63) is 54.1 Å². The third-order valence-electron chi connectivity index (χ3n) is 4.59. The normalized spacial score (nSPS) is 12.1. The number of aliphatic imine (C=N–C) groups is 1. The largest absolute Gasteiger partial charge is 0.463 e. The molecule has 3 aromatic heterocycles. The van der Waals surface area contributed by atoms with Gasteiger partial charge in [0, 0.05) is 48.9 Å². The number of rotatable bonds is 9. The lowest BCUT2D eigenvalue weighted by Crippen LogP contribution is -2.24. The van der Waals surface area contributed by atoms with Gasteiger partial charge in [0.25, 0.3) is 0 Å². The molecule has 0 aliphatic carbocycles. The van der Waals surface area contributed by atoms with Crippen LogP contribution in [-0.2, 0) is 11.2 Å². The van der Waals surface area contributed by atoms with Crippen LogP contribution in [-0.4, -0.2) is 50.4 Å². The highest BCUT2D eigenvalue weighted by Gasteiger charge is 2.27. The van der Waals surface area contributed by atoms with Gasteiger partial charge in [0.2, 0.25) is 12.3 Å². The summed E-state index contributed by atoms with van der Waals surface area (Å²) in [5, 5.41) is 11.7. The van der Waals surface area contributed by atoms with Crippen molar-refractivity contribution in [1.29, 1.82) is 0 Å². The monoisotopic (exact) mass is 430 g/mol. The molecule has 2 amide bonds. The van der Waals surface area contributed by atoms with Crippen LogP contribution in [0.2, 0.25) is 0 Å². The van der Waals surface area contributed by atoms with Crippen LogP contribution in [0.1, 0.15) is 24.0 Å². The number of nitrogens with one attached hydrogen (secondary N) is 1. The number of aryl methyl sites for hydroxylation is 1. The van der Waals surface area contributed by atoms with Gasteiger partial charge >= 0.3 is 6.09 Å². The second-order valence-electron chi connectivity index (χ2n) is 6.83. The van der Waals surface area contributed by atoms with Crippen molar-refractivity contribution < 1.29 is 23.5 Å². The highest BCUT2D eigenvalue weighted by atomic mass is 19.3. The summed E-state index contributed by atoms with van der Waals surface area (Å²) in [5.74, 6) is -3.07. The zero-order chi connectivity index (χ0) is 22.4. The molecule has 0 radical (unpaired) electrons. The van der Waals surface area contributed by atoms with E-state index in [9.17, 15) is 18.4 Å². The molecule has 3 aromatic rings. The summed E-state index contributed by atoms with van der Waals surface area (Å²) in [6.45, 7) is -0.0780. The standard InChI is InChI=1S/C20H20F2N6O3/c21-20(22,4-5-24-12-29)3-1-13-7-14-2-6-28(18(14)26-9-13)16-8-15(10-25-11-16)17(23)27-19(30)31/h2,6-12H,1,3-5H2,(H2,23,27)(H,24,29)(H,30,31). The quantitative estimate of drug-likeness (QED) is 0.207. The summed E-state index contributed by atoms with van der Waals surface area (Å²) >= 11 is 0. The van der Waals surface area contributed by atoms with Crippen molar-refractivity contribution in [3.8, 4) is 5.69 Å².